The van der Waals surface area contributed by atoms with Crippen LogP contribution in [0.25, 0.3) is 0 Å². The Morgan fingerprint density at radius 3 is 2.68 bits per heavy atom. The van der Waals surface area contributed by atoms with Crippen molar-refractivity contribution in [2.75, 3.05) is 5.73 Å². The lowest BCUT2D eigenvalue weighted by atomic mass is 10.2. The molecule has 7 heteroatoms. The van der Waals surface area contributed by atoms with Crippen LogP contribution in [0.15, 0.2) is 5.38 Å². The van der Waals surface area contributed by atoms with Crippen molar-refractivity contribution in [1.29, 1.82) is 0 Å². The highest BCUT2D eigenvalue weighted by molar-refractivity contribution is 7.13. The molecule has 0 spiro atoms. The van der Waals surface area contributed by atoms with Crippen LogP contribution in [0.2, 0.25) is 0 Å². The molecule has 1 atom stereocenters. The van der Waals surface area contributed by atoms with Gasteiger partial charge in [-0.25, -0.2) is 9.97 Å². The first kappa shape index (κ1) is 14.0. The van der Waals surface area contributed by atoms with E-state index in [9.17, 15) is 4.79 Å². The van der Waals surface area contributed by atoms with Gasteiger partial charge in [0, 0.05) is 10.3 Å². The Bertz CT molecular complexity index is 571. The molecule has 2 heterocycles. The highest BCUT2D eigenvalue weighted by Gasteiger charge is 2.19. The topological polar surface area (TPSA) is 80.9 Å². The third kappa shape index (κ3) is 3.10. The number of hydrogen-bond donors (Lipinski definition) is 2. The second-order valence-corrected chi connectivity index (χ2v) is 6.32. The molecule has 0 unspecified atom stereocenters. The van der Waals surface area contributed by atoms with Crippen LogP contribution < -0.4 is 11.1 Å². The van der Waals surface area contributed by atoms with Crippen molar-refractivity contribution in [3.05, 3.63) is 26.7 Å². The van der Waals surface area contributed by atoms with Crippen LogP contribution in [0.3, 0.4) is 0 Å². The van der Waals surface area contributed by atoms with E-state index >= 15 is 0 Å². The third-order valence-electron chi connectivity index (χ3n) is 2.81. The van der Waals surface area contributed by atoms with E-state index in [0.29, 0.717) is 10.8 Å². The molecular weight excluding hydrogens is 280 g/mol. The van der Waals surface area contributed by atoms with Gasteiger partial charge in [0.15, 0.2) is 5.13 Å². The number of thiazole rings is 2. The summed E-state index contributed by atoms with van der Waals surface area (Å²) in [5.74, 6) is -0.203. The molecule has 0 bridgehead atoms. The summed E-state index contributed by atoms with van der Waals surface area (Å²) in [4.78, 5) is 21.7. The molecule has 1 amide bonds. The Labute approximate surface area is 119 Å². The number of carbonyl (C=O) groups excluding carboxylic acids is 1. The minimum Gasteiger partial charge on any atom is -0.375 e. The van der Waals surface area contributed by atoms with Gasteiger partial charge in [-0.15, -0.1) is 22.7 Å². The number of carbonyl (C=O) groups is 1. The molecule has 5 nitrogen and oxygen atoms in total. The molecule has 2 aromatic rings. The zero-order valence-electron chi connectivity index (χ0n) is 11.1. The summed E-state index contributed by atoms with van der Waals surface area (Å²) in [7, 11) is 0. The average Bonchev–Trinajstić information content (AvgIpc) is 2.93. The molecule has 3 N–H and O–H groups in total. The molecule has 2 aromatic heterocycles. The lowest BCUT2D eigenvalue weighted by Gasteiger charge is -2.13. The first-order chi connectivity index (χ1) is 9.01. The van der Waals surface area contributed by atoms with Crippen LogP contribution in [-0.4, -0.2) is 15.9 Å². The molecule has 0 aromatic carbocycles. The molecule has 19 heavy (non-hydrogen) atoms. The average molecular weight is 296 g/mol. The van der Waals surface area contributed by atoms with Crippen molar-refractivity contribution in [2.45, 2.75) is 33.2 Å². The minimum absolute atomic E-state index is 0.0761. The van der Waals surface area contributed by atoms with E-state index in [1.807, 2.05) is 20.8 Å². The molecule has 0 fully saturated rings. The zero-order valence-corrected chi connectivity index (χ0v) is 12.7. The van der Waals surface area contributed by atoms with Gasteiger partial charge in [-0.05, 0) is 20.3 Å². The number of rotatable bonds is 4. The second-order valence-electron chi connectivity index (χ2n) is 4.20. The predicted octanol–water partition coefficient (Wildman–Crippen LogP) is 2.68. The van der Waals surface area contributed by atoms with Crippen molar-refractivity contribution in [1.82, 2.24) is 15.3 Å². The lowest BCUT2D eigenvalue weighted by Crippen LogP contribution is -2.28. The van der Waals surface area contributed by atoms with Gasteiger partial charge in [0.2, 0.25) is 0 Å². The standard InChI is InChI=1S/C12H16N4OS2/c1-4-8(11-14-6(2)7(3)19-11)15-10(17)9-5-18-12(13)16-9/h5,8H,4H2,1-3H3,(H2,13,16)(H,15,17)/t8-/m0/s1. The SMILES string of the molecule is CC[C@H](NC(=O)c1csc(N)n1)c1nc(C)c(C)s1. The Balaban J connectivity index is 2.13. The van der Waals surface area contributed by atoms with E-state index in [2.05, 4.69) is 15.3 Å². The maximum Gasteiger partial charge on any atom is 0.271 e. The van der Waals surface area contributed by atoms with Gasteiger partial charge in [0.1, 0.15) is 10.7 Å². The molecular formula is C12H16N4OS2. The summed E-state index contributed by atoms with van der Waals surface area (Å²) >= 11 is 2.88. The molecule has 0 saturated heterocycles. The zero-order chi connectivity index (χ0) is 14.0. The summed E-state index contributed by atoms with van der Waals surface area (Å²) in [6.07, 6.45) is 0.789. The largest absolute Gasteiger partial charge is 0.375 e. The van der Waals surface area contributed by atoms with Crippen LogP contribution in [-0.2, 0) is 0 Å². The molecule has 0 aliphatic carbocycles. The monoisotopic (exact) mass is 296 g/mol. The van der Waals surface area contributed by atoms with Crippen molar-refractivity contribution in [3.63, 3.8) is 0 Å². The number of amides is 1. The first-order valence-electron chi connectivity index (χ1n) is 5.97. The van der Waals surface area contributed by atoms with E-state index in [-0.39, 0.29) is 11.9 Å². The van der Waals surface area contributed by atoms with Crippen molar-refractivity contribution in [3.8, 4) is 0 Å². The highest BCUT2D eigenvalue weighted by atomic mass is 32.1. The highest BCUT2D eigenvalue weighted by Crippen LogP contribution is 2.25. The number of nitrogens with two attached hydrogens (primary N) is 1. The fourth-order valence-electron chi connectivity index (χ4n) is 1.61. The van der Waals surface area contributed by atoms with E-state index in [0.717, 1.165) is 17.1 Å². The van der Waals surface area contributed by atoms with Crippen molar-refractivity contribution in [2.24, 2.45) is 0 Å². The number of aryl methyl sites for hydroxylation is 2. The number of anilines is 1. The Hall–Kier alpha value is -1.47. The van der Waals surface area contributed by atoms with Crippen molar-refractivity contribution < 1.29 is 4.79 Å². The molecule has 2 rings (SSSR count). The van der Waals surface area contributed by atoms with E-state index in [1.165, 1.54) is 16.2 Å². The van der Waals surface area contributed by atoms with Gasteiger partial charge in [0.25, 0.3) is 5.91 Å². The van der Waals surface area contributed by atoms with Crippen LogP contribution in [0, 0.1) is 13.8 Å². The molecule has 102 valence electrons. The molecule has 0 saturated carbocycles. The third-order valence-corrected chi connectivity index (χ3v) is 4.67. The minimum atomic E-state index is -0.203. The quantitative estimate of drug-likeness (QED) is 0.909. The maximum absolute atomic E-state index is 12.0. The van der Waals surface area contributed by atoms with Crippen LogP contribution in [0.5, 0.6) is 0 Å². The second kappa shape index (κ2) is 5.66. The van der Waals surface area contributed by atoms with Gasteiger partial charge >= 0.3 is 0 Å². The lowest BCUT2D eigenvalue weighted by molar-refractivity contribution is 0.0931. The Morgan fingerprint density at radius 2 is 2.21 bits per heavy atom. The van der Waals surface area contributed by atoms with Gasteiger partial charge in [0.05, 0.1) is 11.7 Å². The van der Waals surface area contributed by atoms with Gasteiger partial charge in [-0.2, -0.15) is 0 Å². The first-order valence-corrected chi connectivity index (χ1v) is 7.66. The van der Waals surface area contributed by atoms with Crippen LogP contribution >= 0.6 is 22.7 Å². The summed E-state index contributed by atoms with van der Waals surface area (Å²) < 4.78 is 0. The number of aromatic nitrogens is 2. The molecule has 0 aliphatic heterocycles. The number of nitrogen functional groups attached to an aromatic ring is 1. The summed E-state index contributed by atoms with van der Waals surface area (Å²) in [6, 6.07) is -0.0761. The number of nitrogens with zero attached hydrogens (tertiary/aromatic N) is 2. The maximum atomic E-state index is 12.0. The smallest absolute Gasteiger partial charge is 0.271 e. The fraction of sp³-hybridized carbons (Fsp3) is 0.417. The summed E-state index contributed by atoms with van der Waals surface area (Å²) in [5, 5.41) is 5.95. The van der Waals surface area contributed by atoms with E-state index in [4.69, 9.17) is 5.73 Å². The van der Waals surface area contributed by atoms with Gasteiger partial charge in [-0.3, -0.25) is 4.79 Å². The van der Waals surface area contributed by atoms with Crippen LogP contribution in [0.1, 0.15) is 45.5 Å². The Morgan fingerprint density at radius 1 is 1.47 bits per heavy atom. The number of nitrogens with one attached hydrogen (secondary N) is 1. The normalized spacial score (nSPS) is 12.4. The summed E-state index contributed by atoms with van der Waals surface area (Å²) in [5.41, 5.74) is 6.92. The Kier molecular flexibility index (Phi) is 4.16. The van der Waals surface area contributed by atoms with E-state index in [1.54, 1.807) is 16.7 Å². The molecule has 0 radical (unpaired) electrons. The van der Waals surface area contributed by atoms with Crippen LogP contribution in [0.4, 0.5) is 5.13 Å². The van der Waals surface area contributed by atoms with Crippen molar-refractivity contribution >= 4 is 33.7 Å². The van der Waals surface area contributed by atoms with Gasteiger partial charge < -0.3 is 11.1 Å². The fourth-order valence-corrected chi connectivity index (χ4v) is 3.21. The summed E-state index contributed by atoms with van der Waals surface area (Å²) in [6.45, 7) is 6.03. The van der Waals surface area contributed by atoms with Gasteiger partial charge in [-0.1, -0.05) is 6.92 Å². The van der Waals surface area contributed by atoms with E-state index < -0.39 is 0 Å². The number of hydrogen-bond acceptors (Lipinski definition) is 6. The molecule has 0 aliphatic rings. The predicted molar refractivity (Wildman–Crippen MR) is 78.6 cm³/mol.